The van der Waals surface area contributed by atoms with Gasteiger partial charge in [0.25, 0.3) is 0 Å². The number of carbonyl (C=O) groups excluding carboxylic acids is 1. The first-order chi connectivity index (χ1) is 19.7. The van der Waals surface area contributed by atoms with Gasteiger partial charge < -0.3 is 19.9 Å². The number of amides is 1. The summed E-state index contributed by atoms with van der Waals surface area (Å²) >= 11 is 6.75. The number of carbonyl (C=O) groups is 1. The zero-order valence-electron chi connectivity index (χ0n) is 24.2. The van der Waals surface area contributed by atoms with E-state index in [1.165, 1.54) is 6.33 Å². The number of H-pyrrole nitrogens is 1. The number of piperazine rings is 1. The molecule has 0 bridgehead atoms. The van der Waals surface area contributed by atoms with E-state index >= 15 is 0 Å². The highest BCUT2D eigenvalue weighted by atomic mass is 35.5. The Bertz CT molecular complexity index is 1530. The molecule has 0 saturated carbocycles. The maximum Gasteiger partial charge on any atom is 0.410 e. The Kier molecular flexibility index (Phi) is 8.42. The number of hydrogen-bond donors (Lipinski definition) is 2. The minimum Gasteiger partial charge on any atom is -0.443 e. The Hall–Kier alpha value is -3.76. The molecule has 1 aliphatic rings. The topological polar surface area (TPSA) is 112 Å². The highest BCUT2D eigenvalue weighted by molar-refractivity contribution is 6.37. The third kappa shape index (κ3) is 6.28. The van der Waals surface area contributed by atoms with Crippen LogP contribution >= 0.6 is 11.6 Å². The molecule has 1 aromatic carbocycles. The van der Waals surface area contributed by atoms with Crippen LogP contribution < -0.4 is 5.32 Å². The number of nitrogens with zero attached hydrogens (tertiary/aromatic N) is 6. The van der Waals surface area contributed by atoms with Crippen molar-refractivity contribution < 1.29 is 9.53 Å². The minimum absolute atomic E-state index is 0.150. The highest BCUT2D eigenvalue weighted by Gasteiger charge is 2.30. The SMILES string of the molecule is CCC(C)(CC)OC(=O)N1CCN(C(C)c2ccnc(Nc3nc4c(Cl)c(-c5cc(C)ncn5)ccc4[nH]3)c2)CC1. The fourth-order valence-electron chi connectivity index (χ4n) is 4.97. The Labute approximate surface area is 245 Å². The largest absolute Gasteiger partial charge is 0.443 e. The summed E-state index contributed by atoms with van der Waals surface area (Å²) in [5, 5.41) is 3.82. The van der Waals surface area contributed by atoms with E-state index in [1.54, 1.807) is 6.20 Å². The van der Waals surface area contributed by atoms with E-state index in [9.17, 15) is 4.79 Å². The van der Waals surface area contributed by atoms with Crippen LogP contribution in [0, 0.1) is 6.92 Å². The quantitative estimate of drug-likeness (QED) is 0.244. The van der Waals surface area contributed by atoms with Gasteiger partial charge in [0.15, 0.2) is 0 Å². The number of anilines is 2. The van der Waals surface area contributed by atoms with Crippen LogP contribution in [0.1, 0.15) is 57.8 Å². The molecular weight excluding hydrogens is 540 g/mol. The van der Waals surface area contributed by atoms with Crippen LogP contribution in [0.2, 0.25) is 5.02 Å². The van der Waals surface area contributed by atoms with Crippen LogP contribution in [0.5, 0.6) is 0 Å². The summed E-state index contributed by atoms with van der Waals surface area (Å²) in [6, 6.07) is 9.98. The van der Waals surface area contributed by atoms with Crippen molar-refractivity contribution in [2.45, 2.75) is 59.1 Å². The number of aryl methyl sites for hydroxylation is 1. The van der Waals surface area contributed by atoms with Gasteiger partial charge >= 0.3 is 6.09 Å². The summed E-state index contributed by atoms with van der Waals surface area (Å²) in [5.41, 5.74) is 4.60. The third-order valence-corrected chi connectivity index (χ3v) is 8.52. The third-order valence-electron chi connectivity index (χ3n) is 8.14. The van der Waals surface area contributed by atoms with Gasteiger partial charge in [-0.05, 0) is 69.5 Å². The lowest BCUT2D eigenvalue weighted by Crippen LogP contribution is -2.50. The van der Waals surface area contributed by atoms with Gasteiger partial charge in [0.2, 0.25) is 5.95 Å². The summed E-state index contributed by atoms with van der Waals surface area (Å²) in [6.45, 7) is 13.0. The van der Waals surface area contributed by atoms with Crippen LogP contribution in [0.25, 0.3) is 22.3 Å². The average molecular weight is 577 g/mol. The zero-order chi connectivity index (χ0) is 29.1. The number of rotatable bonds is 8. The second-order valence-electron chi connectivity index (χ2n) is 10.8. The van der Waals surface area contributed by atoms with Crippen molar-refractivity contribution in [2.75, 3.05) is 31.5 Å². The molecule has 0 aliphatic carbocycles. The number of pyridine rings is 1. The summed E-state index contributed by atoms with van der Waals surface area (Å²) in [5.74, 6) is 1.23. The van der Waals surface area contributed by atoms with Crippen LogP contribution in [-0.2, 0) is 4.74 Å². The van der Waals surface area contributed by atoms with Gasteiger partial charge in [-0.3, -0.25) is 4.90 Å². The lowest BCUT2D eigenvalue weighted by Gasteiger charge is -2.39. The lowest BCUT2D eigenvalue weighted by molar-refractivity contribution is -0.0124. The second-order valence-corrected chi connectivity index (χ2v) is 11.2. The van der Waals surface area contributed by atoms with E-state index in [4.69, 9.17) is 21.3 Å². The van der Waals surface area contributed by atoms with Crippen LogP contribution in [0.15, 0.2) is 42.9 Å². The number of benzene rings is 1. The normalized spacial score (nSPS) is 15.2. The number of hydrogen-bond acceptors (Lipinski definition) is 8. The Morgan fingerprint density at radius 3 is 2.59 bits per heavy atom. The maximum absolute atomic E-state index is 12.7. The van der Waals surface area contributed by atoms with Crippen molar-refractivity contribution in [2.24, 2.45) is 0 Å². The molecule has 41 heavy (non-hydrogen) atoms. The standard InChI is InChI=1S/C30H37ClN8O2/c1-6-30(5,7-2)41-29(40)39-14-12-38(13-15-39)20(4)21-10-11-32-25(17-21)36-28-35-23-9-8-22(26(31)27(23)37-28)24-16-19(3)33-18-34-24/h8-11,16-18,20H,6-7,12-15H2,1-5H3,(H2,32,35,36,37). The molecule has 1 atom stereocenters. The molecule has 1 amide bonds. The molecule has 2 N–H and O–H groups in total. The molecule has 4 heterocycles. The molecule has 1 unspecified atom stereocenters. The monoisotopic (exact) mass is 576 g/mol. The number of ether oxygens (including phenoxy) is 1. The van der Waals surface area contributed by atoms with Gasteiger partial charge in [0.05, 0.1) is 16.2 Å². The Morgan fingerprint density at radius 1 is 1.12 bits per heavy atom. The number of nitrogens with one attached hydrogen (secondary N) is 2. The number of aromatic nitrogens is 5. The first kappa shape index (κ1) is 28.8. The molecule has 4 aromatic rings. The Balaban J connectivity index is 1.25. The summed E-state index contributed by atoms with van der Waals surface area (Å²) in [4.78, 5) is 37.9. The second kappa shape index (κ2) is 12.0. The van der Waals surface area contributed by atoms with E-state index < -0.39 is 5.60 Å². The van der Waals surface area contributed by atoms with Gasteiger partial charge in [-0.15, -0.1) is 0 Å². The summed E-state index contributed by atoms with van der Waals surface area (Å²) in [6.07, 6.45) is 4.71. The molecule has 3 aromatic heterocycles. The highest BCUT2D eigenvalue weighted by Crippen LogP contribution is 2.34. The van der Waals surface area contributed by atoms with Crippen molar-refractivity contribution in [3.63, 3.8) is 0 Å². The van der Waals surface area contributed by atoms with Crippen LogP contribution in [0.4, 0.5) is 16.6 Å². The van der Waals surface area contributed by atoms with Gasteiger partial charge in [-0.25, -0.2) is 24.7 Å². The molecule has 1 aliphatic heterocycles. The van der Waals surface area contributed by atoms with Crippen LogP contribution in [-0.4, -0.2) is 72.6 Å². The van der Waals surface area contributed by atoms with Crippen molar-refractivity contribution in [1.82, 2.24) is 34.7 Å². The van der Waals surface area contributed by atoms with E-state index in [0.29, 0.717) is 35.4 Å². The molecule has 10 nitrogen and oxygen atoms in total. The molecule has 216 valence electrons. The van der Waals surface area contributed by atoms with Gasteiger partial charge in [0.1, 0.15) is 23.3 Å². The van der Waals surface area contributed by atoms with E-state index in [2.05, 4.69) is 50.9 Å². The van der Waals surface area contributed by atoms with Gasteiger partial charge in [-0.1, -0.05) is 25.4 Å². The van der Waals surface area contributed by atoms with Crippen molar-refractivity contribution >= 4 is 40.5 Å². The molecule has 0 radical (unpaired) electrons. The average Bonchev–Trinajstić information content (AvgIpc) is 3.40. The van der Waals surface area contributed by atoms with E-state index in [-0.39, 0.29) is 12.1 Å². The number of aromatic amines is 1. The number of fused-ring (bicyclic) bond motifs is 1. The van der Waals surface area contributed by atoms with E-state index in [1.807, 2.05) is 49.1 Å². The summed E-state index contributed by atoms with van der Waals surface area (Å²) in [7, 11) is 0. The van der Waals surface area contributed by atoms with Crippen molar-refractivity contribution in [3.05, 3.63) is 59.1 Å². The lowest BCUT2D eigenvalue weighted by atomic mass is 10.0. The molecule has 5 rings (SSSR count). The molecule has 1 saturated heterocycles. The molecule has 11 heteroatoms. The fraction of sp³-hybridized carbons (Fsp3) is 0.433. The molecular formula is C30H37ClN8O2. The van der Waals surface area contributed by atoms with Gasteiger partial charge in [-0.2, -0.15) is 0 Å². The van der Waals surface area contributed by atoms with Gasteiger partial charge in [0, 0.05) is 49.7 Å². The fourth-order valence-corrected chi connectivity index (χ4v) is 5.27. The minimum atomic E-state index is -0.411. The van der Waals surface area contributed by atoms with Crippen molar-refractivity contribution in [3.8, 4) is 11.3 Å². The summed E-state index contributed by atoms with van der Waals surface area (Å²) < 4.78 is 5.82. The van der Waals surface area contributed by atoms with Crippen LogP contribution in [0.3, 0.4) is 0 Å². The molecule has 1 fully saturated rings. The Morgan fingerprint density at radius 2 is 1.88 bits per heavy atom. The zero-order valence-corrected chi connectivity index (χ0v) is 25.0. The van der Waals surface area contributed by atoms with Crippen molar-refractivity contribution in [1.29, 1.82) is 0 Å². The number of halogens is 1. The molecule has 0 spiro atoms. The maximum atomic E-state index is 12.7. The first-order valence-corrected chi connectivity index (χ1v) is 14.5. The first-order valence-electron chi connectivity index (χ1n) is 14.1. The smallest absolute Gasteiger partial charge is 0.410 e. The predicted octanol–water partition coefficient (Wildman–Crippen LogP) is 6.51. The van der Waals surface area contributed by atoms with E-state index in [0.717, 1.165) is 54.0 Å². The number of imidazole rings is 1. The predicted molar refractivity (Wildman–Crippen MR) is 161 cm³/mol.